The first-order valence-electron chi connectivity index (χ1n) is 49.8. The van der Waals surface area contributed by atoms with Crippen LogP contribution >= 0.6 is 0 Å². The third kappa shape index (κ3) is 12.5. The van der Waals surface area contributed by atoms with Crippen LogP contribution in [0.25, 0.3) is 312 Å². The summed E-state index contributed by atoms with van der Waals surface area (Å²) in [6, 6.07) is 172. The quantitative estimate of drug-likeness (QED) is 0.121. The highest BCUT2D eigenvalue weighted by atomic mass is 16.3. The molecular weight excluding hydrogens is 1780 g/mol. The topological polar surface area (TPSA) is 104 Å². The van der Waals surface area contributed by atoms with Gasteiger partial charge in [-0.25, -0.2) is 29.9 Å². The molecule has 0 radical (unpaired) electrons. The van der Waals surface area contributed by atoms with Crippen LogP contribution < -0.4 is 0 Å². The van der Waals surface area contributed by atoms with Crippen LogP contribution in [0, 0.1) is 0 Å². The van der Waals surface area contributed by atoms with Crippen molar-refractivity contribution in [2.75, 3.05) is 0 Å². The fraction of sp³-hybridized carbons (Fsp3) is 0. The Hall–Kier alpha value is -19.7. The lowest BCUT2D eigenvalue weighted by atomic mass is 9.87. The van der Waals surface area contributed by atoms with Gasteiger partial charge < -0.3 is 4.42 Å². The van der Waals surface area contributed by atoms with E-state index in [0.717, 1.165) is 203 Å². The molecule has 0 bridgehead atoms. The molecule has 0 fully saturated rings. The highest BCUT2D eigenvalue weighted by molar-refractivity contribution is 6.34. The highest BCUT2D eigenvalue weighted by Crippen LogP contribution is 2.48. The van der Waals surface area contributed by atoms with E-state index in [1.165, 1.54) is 109 Å². The van der Waals surface area contributed by atoms with Crippen molar-refractivity contribution in [3.63, 3.8) is 0 Å². The molecule has 0 aliphatic carbocycles. The van der Waals surface area contributed by atoms with Crippen molar-refractivity contribution in [1.29, 1.82) is 0 Å². The summed E-state index contributed by atoms with van der Waals surface area (Å²) in [4.78, 5) is 31.0. The van der Waals surface area contributed by atoms with E-state index in [1.54, 1.807) is 0 Å². The number of fused-ring (bicyclic) bond motifs is 44. The lowest BCUT2D eigenvalue weighted by molar-refractivity contribution is 0.670. The summed E-state index contributed by atoms with van der Waals surface area (Å²) in [7, 11) is 0. The number of hydrogen-bond donors (Lipinski definition) is 0. The fourth-order valence-electron chi connectivity index (χ4n) is 23.8. The van der Waals surface area contributed by atoms with Crippen molar-refractivity contribution in [2.24, 2.45) is 0 Å². The summed E-state index contributed by atoms with van der Waals surface area (Å²) in [6.07, 6.45) is 0. The van der Waals surface area contributed by atoms with Crippen molar-refractivity contribution < 1.29 is 4.42 Å². The third-order valence-electron chi connectivity index (χ3n) is 30.5. The minimum Gasteiger partial charge on any atom is -0.455 e. The van der Waals surface area contributed by atoms with Gasteiger partial charge in [0.1, 0.15) is 28.1 Å². The monoisotopic (exact) mass is 1850 g/mol. The van der Waals surface area contributed by atoms with E-state index in [4.69, 9.17) is 34.3 Å². The number of aromatic nitrogens is 9. The van der Waals surface area contributed by atoms with E-state index >= 15 is 0 Å². The number of nitrogens with zero attached hydrogens (tertiary/aromatic N) is 9. The summed E-state index contributed by atoms with van der Waals surface area (Å²) in [5.41, 5.74) is 34.0. The second kappa shape index (κ2) is 31.9. The maximum absolute atomic E-state index is 6.38. The van der Waals surface area contributed by atoms with Gasteiger partial charge in [0, 0.05) is 64.8 Å². The molecule has 10 nitrogen and oxygen atoms in total. The van der Waals surface area contributed by atoms with E-state index in [2.05, 4.69) is 468 Å². The predicted octanol–water partition coefficient (Wildman–Crippen LogP) is 36.0. The van der Waals surface area contributed by atoms with Crippen LogP contribution in [0.3, 0.4) is 0 Å². The number of furan rings is 1. The van der Waals surface area contributed by atoms with Gasteiger partial charge in [0.05, 0.1) is 82.8 Å². The van der Waals surface area contributed by atoms with Crippen LogP contribution in [-0.2, 0) is 0 Å². The Bertz CT molecular complexity index is 11500. The summed E-state index contributed by atoms with van der Waals surface area (Å²) in [5, 5.41) is 30.2. The van der Waals surface area contributed by atoms with Gasteiger partial charge in [-0.05, 0) is 264 Å². The molecule has 33 aromatic rings. The first-order chi connectivity index (χ1) is 72.4. The Morgan fingerprint density at radius 2 is 0.445 bits per heavy atom. The van der Waals surface area contributed by atoms with Crippen molar-refractivity contribution in [3.8, 4) is 66.8 Å². The molecule has 0 N–H and O–H groups in total. The molecule has 0 aliphatic heterocycles. The van der Waals surface area contributed by atoms with Crippen LogP contribution in [0.15, 0.2) is 484 Å². The van der Waals surface area contributed by atoms with E-state index in [-0.39, 0.29) is 0 Å². The molecule has 0 atom stereocenters. The smallest absolute Gasteiger partial charge is 0.147 e. The lowest BCUT2D eigenvalue weighted by Gasteiger charge is -2.16. The van der Waals surface area contributed by atoms with Gasteiger partial charge in [0.25, 0.3) is 0 Å². The molecule has 0 saturated carbocycles. The number of imidazole rings is 3. The zero-order valence-electron chi connectivity index (χ0n) is 78.5. The number of hydrogen-bond acceptors (Lipinski definition) is 7. The van der Waals surface area contributed by atoms with Crippen LogP contribution in [0.2, 0.25) is 0 Å². The molecule has 0 amide bonds. The SMILES string of the molecule is c1cc(-c2ccc3c4ccccc4c4ccccc4c3c2)cc(-c2ccc3c4nc5ccccc5cc4c4nc5ccccc5n4c3c2)c1.c1cc(-c2ccc3c4nc5ccccc5cc4c4nc5ccccc5n4c3c2)cc(-c2cc3c4ccccc4c4ccccc4c3c3ccccc23)c1.c1cc(-c2ccc3c4nc5ccccc5cc4c4nc5ccccc5n4c3c2)cc(-c2cccc3c2oc2ccccc23)c1. The van der Waals surface area contributed by atoms with Crippen LogP contribution in [-0.4, -0.2) is 43.1 Å². The van der Waals surface area contributed by atoms with E-state index < -0.39 is 0 Å². The normalized spacial score (nSPS) is 12.1. The van der Waals surface area contributed by atoms with E-state index in [1.807, 2.05) is 24.3 Å². The van der Waals surface area contributed by atoms with E-state index in [9.17, 15) is 0 Å². The first kappa shape index (κ1) is 81.2. The minimum atomic E-state index is 0.908. The molecule has 10 aromatic heterocycles. The second-order valence-corrected chi connectivity index (χ2v) is 38.6. The largest absolute Gasteiger partial charge is 0.455 e. The van der Waals surface area contributed by atoms with Crippen molar-refractivity contribution >= 4 is 246 Å². The average molecular weight is 1860 g/mol. The van der Waals surface area contributed by atoms with Gasteiger partial charge in [-0.3, -0.25) is 13.2 Å². The van der Waals surface area contributed by atoms with Gasteiger partial charge in [0.15, 0.2) is 0 Å². The van der Waals surface area contributed by atoms with Gasteiger partial charge in [-0.1, -0.05) is 352 Å². The summed E-state index contributed by atoms with van der Waals surface area (Å²) < 4.78 is 13.3. The van der Waals surface area contributed by atoms with Gasteiger partial charge in [-0.2, -0.15) is 0 Å². The molecule has 0 aliphatic rings. The third-order valence-corrected chi connectivity index (χ3v) is 30.5. The molecule has 0 spiro atoms. The Morgan fingerprint density at radius 3 is 0.884 bits per heavy atom. The first-order valence-corrected chi connectivity index (χ1v) is 49.8. The van der Waals surface area contributed by atoms with Crippen molar-refractivity contribution in [3.05, 3.63) is 479 Å². The Morgan fingerprint density at radius 1 is 0.151 bits per heavy atom. The van der Waals surface area contributed by atoms with Gasteiger partial charge in [-0.15, -0.1) is 0 Å². The number of para-hydroxylation sites is 11. The predicted molar refractivity (Wildman–Crippen MR) is 611 cm³/mol. The average Bonchev–Trinajstić information content (AvgIpc) is 0.998. The summed E-state index contributed by atoms with van der Waals surface area (Å²) in [6.45, 7) is 0. The number of pyridine rings is 6. The zero-order chi connectivity index (χ0) is 95.5. The molecular formula is C136H79N9O. The fourth-order valence-corrected chi connectivity index (χ4v) is 23.8. The van der Waals surface area contributed by atoms with Gasteiger partial charge >= 0.3 is 0 Å². The van der Waals surface area contributed by atoms with Crippen LogP contribution in [0.4, 0.5) is 0 Å². The molecule has 10 heteroatoms. The molecule has 10 heterocycles. The summed E-state index contributed by atoms with van der Waals surface area (Å²) in [5.74, 6) is 0. The standard InChI is InChI=1S/C50H29N3.C46H27N3.C40H23N3O/c1-8-21-44-33(12-1)27-43-49(51-44)40-25-24-31(28-47(40)53-46-23-10-9-22-45(46)52-50(43)53)30-13-11-14-32(26-30)41-29-42-36-17-3-2-15-34(36)35-16-4-6-19-38(35)48(42)39-20-7-5-18-37(39)41;1-6-17-41-32(10-1)26-40-45(47-41)38-23-21-31(27-44(38)49-43-19-8-7-18-42(43)48-46(40)49)29-12-9-11-28(24-29)30-20-22-37-35-15-3-2-13-33(35)34-14-4-5-16-36(34)39(37)25-30;1-3-15-33-27(9-1)22-32-38(41-33)31-20-19-25(23-36(31)43-35-17-5-4-16-34(35)42-40(32)43)24-10-7-11-26(21-24)28-13-8-14-30-29-12-2-6-18-37(29)44-39(28)30/h1-29H;1-27H;1-23H. The Balaban J connectivity index is 0.0000000999. The molecule has 33 rings (SSSR count). The van der Waals surface area contributed by atoms with Crippen LogP contribution in [0.1, 0.15) is 0 Å². The molecule has 23 aromatic carbocycles. The number of rotatable bonds is 6. The molecule has 0 unspecified atom stereocenters. The maximum Gasteiger partial charge on any atom is 0.147 e. The summed E-state index contributed by atoms with van der Waals surface area (Å²) >= 11 is 0. The minimum absolute atomic E-state index is 0.908. The highest BCUT2D eigenvalue weighted by Gasteiger charge is 2.25. The molecule has 146 heavy (non-hydrogen) atoms. The lowest BCUT2D eigenvalue weighted by Crippen LogP contribution is -1.94. The second-order valence-electron chi connectivity index (χ2n) is 38.6. The Labute approximate surface area is 833 Å². The molecule has 0 saturated heterocycles. The maximum atomic E-state index is 6.38. The van der Waals surface area contributed by atoms with Crippen molar-refractivity contribution in [2.45, 2.75) is 0 Å². The van der Waals surface area contributed by atoms with Gasteiger partial charge in [0.2, 0.25) is 0 Å². The number of benzene rings is 23. The van der Waals surface area contributed by atoms with Crippen LogP contribution in [0.5, 0.6) is 0 Å². The van der Waals surface area contributed by atoms with Crippen molar-refractivity contribution in [1.82, 2.24) is 43.1 Å². The Kier molecular flexibility index (Phi) is 17.8. The molecule has 674 valence electrons. The van der Waals surface area contributed by atoms with E-state index in [0.29, 0.717) is 0 Å². The zero-order valence-corrected chi connectivity index (χ0v) is 78.5.